The molecule has 0 aliphatic carbocycles. The number of hydrogen-bond acceptors (Lipinski definition) is 3. The van der Waals surface area contributed by atoms with Crippen LogP contribution in [0.3, 0.4) is 0 Å². The second kappa shape index (κ2) is 7.29. The molecule has 0 spiro atoms. The molecule has 0 aliphatic heterocycles. The monoisotopic (exact) mass is 359 g/mol. The molecule has 1 N–H and O–H groups in total. The summed E-state index contributed by atoms with van der Waals surface area (Å²) in [6, 6.07) is 9.69. The van der Waals surface area contributed by atoms with Crippen LogP contribution in [0, 0.1) is 0 Å². The Morgan fingerprint density at radius 2 is 2.05 bits per heavy atom. The van der Waals surface area contributed by atoms with Crippen LogP contribution in [-0.4, -0.2) is 13.2 Å². The normalized spacial score (nSPS) is 12.4. The van der Waals surface area contributed by atoms with Crippen LogP contribution >= 0.6 is 38.9 Å². The summed E-state index contributed by atoms with van der Waals surface area (Å²) in [7, 11) is 0. The molecular weight excluding hydrogens is 346 g/mol. The summed E-state index contributed by atoms with van der Waals surface area (Å²) in [5, 5.41) is 6.23. The van der Waals surface area contributed by atoms with Gasteiger partial charge in [-0.2, -0.15) is 0 Å². The van der Waals surface area contributed by atoms with Crippen molar-refractivity contribution in [1.82, 2.24) is 5.32 Å². The molecular formula is C14H15BrClNOS. The van der Waals surface area contributed by atoms with E-state index in [1.54, 1.807) is 11.3 Å². The molecule has 2 rings (SSSR count). The van der Waals surface area contributed by atoms with Crippen molar-refractivity contribution < 1.29 is 4.74 Å². The van der Waals surface area contributed by atoms with Crippen LogP contribution in [0.25, 0.3) is 0 Å². The molecule has 0 saturated carbocycles. The zero-order valence-corrected chi connectivity index (χ0v) is 13.7. The third kappa shape index (κ3) is 4.21. The summed E-state index contributed by atoms with van der Waals surface area (Å²) < 4.78 is 6.95. The zero-order valence-electron chi connectivity index (χ0n) is 10.5. The second-order valence-corrected chi connectivity index (χ2v) is 6.25. The van der Waals surface area contributed by atoms with Crippen molar-refractivity contribution in [3.8, 4) is 5.75 Å². The lowest BCUT2D eigenvalue weighted by Crippen LogP contribution is -2.26. The Morgan fingerprint density at radius 1 is 1.32 bits per heavy atom. The molecule has 1 unspecified atom stereocenters. The number of nitrogens with one attached hydrogen (secondary N) is 1. The predicted octanol–water partition coefficient (Wildman–Crippen LogP) is 4.89. The second-order valence-electron chi connectivity index (χ2n) is 4.01. The van der Waals surface area contributed by atoms with E-state index in [4.69, 9.17) is 16.3 Å². The molecule has 5 heteroatoms. The summed E-state index contributed by atoms with van der Waals surface area (Å²) in [5.74, 6) is 0.833. The van der Waals surface area contributed by atoms with Gasteiger partial charge in [-0.05, 0) is 58.2 Å². The van der Waals surface area contributed by atoms with E-state index in [2.05, 4.69) is 39.6 Å². The predicted molar refractivity (Wildman–Crippen MR) is 85.4 cm³/mol. The number of ether oxygens (including phenoxy) is 1. The van der Waals surface area contributed by atoms with E-state index in [9.17, 15) is 0 Å². The van der Waals surface area contributed by atoms with Crippen molar-refractivity contribution in [2.45, 2.75) is 13.0 Å². The molecule has 2 nitrogen and oxygen atoms in total. The Morgan fingerprint density at radius 3 is 2.63 bits per heavy atom. The fraction of sp³-hybridized carbons (Fsp3) is 0.286. The average Bonchev–Trinajstić information content (AvgIpc) is 2.83. The van der Waals surface area contributed by atoms with Gasteiger partial charge >= 0.3 is 0 Å². The van der Waals surface area contributed by atoms with Gasteiger partial charge in [-0.15, -0.1) is 11.3 Å². The Bertz CT molecular complexity index is 514. The van der Waals surface area contributed by atoms with Gasteiger partial charge < -0.3 is 10.1 Å². The van der Waals surface area contributed by atoms with Gasteiger partial charge in [0.25, 0.3) is 0 Å². The number of rotatable bonds is 6. The van der Waals surface area contributed by atoms with Gasteiger partial charge in [-0.25, -0.2) is 0 Å². The summed E-state index contributed by atoms with van der Waals surface area (Å²) in [6.45, 7) is 3.59. The van der Waals surface area contributed by atoms with Crippen LogP contribution in [0.2, 0.25) is 5.02 Å². The molecule has 0 radical (unpaired) electrons. The molecule has 1 heterocycles. The van der Waals surface area contributed by atoms with Crippen molar-refractivity contribution in [3.05, 3.63) is 50.1 Å². The first-order chi connectivity index (χ1) is 9.20. The van der Waals surface area contributed by atoms with Gasteiger partial charge in [-0.1, -0.05) is 18.5 Å². The van der Waals surface area contributed by atoms with Crippen molar-refractivity contribution in [1.29, 1.82) is 0 Å². The zero-order chi connectivity index (χ0) is 13.7. The number of halogens is 2. The molecule has 0 aliphatic rings. The summed E-state index contributed by atoms with van der Waals surface area (Å²) in [4.78, 5) is 1.26. The van der Waals surface area contributed by atoms with Gasteiger partial charge in [0.2, 0.25) is 0 Å². The van der Waals surface area contributed by atoms with Crippen LogP contribution in [-0.2, 0) is 0 Å². The Hall–Kier alpha value is -0.550. The Kier molecular flexibility index (Phi) is 5.70. The van der Waals surface area contributed by atoms with Gasteiger partial charge in [-0.3, -0.25) is 0 Å². The standard InChI is InChI=1S/C14H15BrClNOS/c1-2-17-13(14-12(15)7-8-19-14)9-18-11-5-3-10(16)4-6-11/h3-8,13,17H,2,9H2,1H3. The molecule has 1 aromatic heterocycles. The molecule has 0 amide bonds. The maximum Gasteiger partial charge on any atom is 0.119 e. The van der Waals surface area contributed by atoms with Crippen molar-refractivity contribution >= 4 is 38.9 Å². The molecule has 0 fully saturated rings. The number of likely N-dealkylation sites (N-methyl/N-ethyl adjacent to an activating group) is 1. The fourth-order valence-corrected chi connectivity index (χ4v) is 3.57. The molecule has 0 saturated heterocycles. The number of benzene rings is 1. The van der Waals surface area contributed by atoms with Crippen LogP contribution in [0.5, 0.6) is 5.75 Å². The maximum absolute atomic E-state index is 5.85. The van der Waals surface area contributed by atoms with E-state index in [1.807, 2.05) is 24.3 Å². The smallest absolute Gasteiger partial charge is 0.119 e. The third-order valence-corrected chi connectivity index (χ3v) is 4.88. The van der Waals surface area contributed by atoms with E-state index in [0.29, 0.717) is 6.61 Å². The average molecular weight is 361 g/mol. The van der Waals surface area contributed by atoms with E-state index in [-0.39, 0.29) is 6.04 Å². The first kappa shape index (κ1) is 14.9. The quantitative estimate of drug-likeness (QED) is 0.791. The minimum Gasteiger partial charge on any atom is -0.492 e. The first-order valence-corrected chi connectivity index (χ1v) is 8.10. The maximum atomic E-state index is 5.85. The summed E-state index contributed by atoms with van der Waals surface area (Å²) in [6.07, 6.45) is 0. The Labute approximate surface area is 130 Å². The van der Waals surface area contributed by atoms with E-state index < -0.39 is 0 Å². The van der Waals surface area contributed by atoms with Crippen molar-refractivity contribution in [2.24, 2.45) is 0 Å². The highest BCUT2D eigenvalue weighted by Crippen LogP contribution is 2.29. The van der Waals surface area contributed by atoms with Gasteiger partial charge in [0.15, 0.2) is 0 Å². The minimum absolute atomic E-state index is 0.190. The molecule has 102 valence electrons. The summed E-state index contributed by atoms with van der Waals surface area (Å²) in [5.41, 5.74) is 0. The van der Waals surface area contributed by atoms with E-state index >= 15 is 0 Å². The van der Waals surface area contributed by atoms with Gasteiger partial charge in [0, 0.05) is 14.4 Å². The van der Waals surface area contributed by atoms with Crippen LogP contribution in [0.4, 0.5) is 0 Å². The number of hydrogen-bond donors (Lipinski definition) is 1. The highest BCUT2D eigenvalue weighted by Gasteiger charge is 2.15. The highest BCUT2D eigenvalue weighted by molar-refractivity contribution is 9.10. The molecule has 2 aromatic rings. The lowest BCUT2D eigenvalue weighted by molar-refractivity contribution is 0.270. The van der Waals surface area contributed by atoms with Crippen molar-refractivity contribution in [2.75, 3.05) is 13.2 Å². The highest BCUT2D eigenvalue weighted by atomic mass is 79.9. The molecule has 19 heavy (non-hydrogen) atoms. The summed E-state index contributed by atoms with van der Waals surface area (Å²) >= 11 is 11.1. The largest absolute Gasteiger partial charge is 0.492 e. The lowest BCUT2D eigenvalue weighted by atomic mass is 10.2. The van der Waals surface area contributed by atoms with Crippen LogP contribution in [0.15, 0.2) is 40.2 Å². The van der Waals surface area contributed by atoms with Gasteiger partial charge in [0.1, 0.15) is 12.4 Å². The first-order valence-electron chi connectivity index (χ1n) is 6.05. The molecule has 1 aromatic carbocycles. The minimum atomic E-state index is 0.190. The van der Waals surface area contributed by atoms with Crippen LogP contribution < -0.4 is 10.1 Å². The van der Waals surface area contributed by atoms with Crippen LogP contribution in [0.1, 0.15) is 17.8 Å². The van der Waals surface area contributed by atoms with Crippen molar-refractivity contribution in [3.63, 3.8) is 0 Å². The van der Waals surface area contributed by atoms with Gasteiger partial charge in [0.05, 0.1) is 6.04 Å². The van der Waals surface area contributed by atoms with E-state index in [1.165, 1.54) is 4.88 Å². The lowest BCUT2D eigenvalue weighted by Gasteiger charge is -2.18. The SMILES string of the molecule is CCNC(COc1ccc(Cl)cc1)c1sccc1Br. The topological polar surface area (TPSA) is 21.3 Å². The fourth-order valence-electron chi connectivity index (χ4n) is 1.74. The Balaban J connectivity index is 2.01. The van der Waals surface area contributed by atoms with E-state index in [0.717, 1.165) is 21.8 Å². The molecule has 0 bridgehead atoms. The third-order valence-electron chi connectivity index (χ3n) is 2.64. The number of thiophene rings is 1. The molecule has 1 atom stereocenters.